The molecule has 3 unspecified atom stereocenters. The molecule has 7 nitrogen and oxygen atoms in total. The second-order valence-electron chi connectivity index (χ2n) is 5.92. The Balaban J connectivity index is 1.56. The van der Waals surface area contributed by atoms with Crippen LogP contribution in [0.3, 0.4) is 0 Å². The Hall–Kier alpha value is -1.89. The molecule has 2 fully saturated rings. The summed E-state index contributed by atoms with van der Waals surface area (Å²) in [6.45, 7) is -0.207. The summed E-state index contributed by atoms with van der Waals surface area (Å²) >= 11 is 0. The van der Waals surface area contributed by atoms with Crippen LogP contribution >= 0.6 is 0 Å². The Morgan fingerprint density at radius 3 is 3.00 bits per heavy atom. The second kappa shape index (κ2) is 5.85. The van der Waals surface area contributed by atoms with Crippen molar-refractivity contribution in [2.45, 2.75) is 50.7 Å². The molecule has 3 rings (SSSR count). The van der Waals surface area contributed by atoms with E-state index < -0.39 is 5.97 Å². The zero-order chi connectivity index (χ0) is 14.8. The van der Waals surface area contributed by atoms with Gasteiger partial charge in [-0.1, -0.05) is 12.8 Å². The molecule has 2 aliphatic rings. The SMILES string of the molecule is O=C(O)Cn1cc(NC(=O)C2CC3CCCCC3N2)cn1. The van der Waals surface area contributed by atoms with Crippen molar-refractivity contribution in [2.75, 3.05) is 5.32 Å². The van der Waals surface area contributed by atoms with Crippen LogP contribution in [-0.2, 0) is 16.1 Å². The fourth-order valence-corrected chi connectivity index (χ4v) is 3.40. The van der Waals surface area contributed by atoms with Crippen LogP contribution < -0.4 is 10.6 Å². The zero-order valence-corrected chi connectivity index (χ0v) is 11.8. The van der Waals surface area contributed by atoms with Gasteiger partial charge in [0.25, 0.3) is 0 Å². The number of carboxylic acids is 1. The first-order valence-electron chi connectivity index (χ1n) is 7.43. The van der Waals surface area contributed by atoms with Crippen molar-refractivity contribution >= 4 is 17.6 Å². The van der Waals surface area contributed by atoms with E-state index in [-0.39, 0.29) is 18.5 Å². The first-order valence-corrected chi connectivity index (χ1v) is 7.43. The number of anilines is 1. The van der Waals surface area contributed by atoms with Gasteiger partial charge in [0, 0.05) is 12.2 Å². The zero-order valence-electron chi connectivity index (χ0n) is 11.8. The highest BCUT2D eigenvalue weighted by Gasteiger charge is 2.38. The van der Waals surface area contributed by atoms with Gasteiger partial charge in [0.05, 0.1) is 17.9 Å². The van der Waals surface area contributed by atoms with Gasteiger partial charge < -0.3 is 15.7 Å². The fourth-order valence-electron chi connectivity index (χ4n) is 3.40. The number of hydrogen-bond donors (Lipinski definition) is 3. The molecule has 1 saturated heterocycles. The summed E-state index contributed by atoms with van der Waals surface area (Å²) in [5.41, 5.74) is 0.540. The van der Waals surface area contributed by atoms with Crippen molar-refractivity contribution in [2.24, 2.45) is 5.92 Å². The lowest BCUT2D eigenvalue weighted by Crippen LogP contribution is -2.39. The van der Waals surface area contributed by atoms with E-state index in [1.165, 1.54) is 36.3 Å². The van der Waals surface area contributed by atoms with Gasteiger partial charge in [0.2, 0.25) is 5.91 Å². The van der Waals surface area contributed by atoms with Gasteiger partial charge in [-0.25, -0.2) is 0 Å². The molecule has 0 aromatic carbocycles. The van der Waals surface area contributed by atoms with Gasteiger partial charge in [0.1, 0.15) is 6.54 Å². The van der Waals surface area contributed by atoms with Gasteiger partial charge >= 0.3 is 5.97 Å². The molecule has 1 saturated carbocycles. The Kier molecular flexibility index (Phi) is 3.92. The maximum Gasteiger partial charge on any atom is 0.325 e. The molecule has 21 heavy (non-hydrogen) atoms. The van der Waals surface area contributed by atoms with Crippen LogP contribution in [0.1, 0.15) is 32.1 Å². The number of aromatic nitrogens is 2. The highest BCUT2D eigenvalue weighted by Crippen LogP contribution is 2.33. The number of carbonyl (C=O) groups is 2. The molecule has 3 N–H and O–H groups in total. The molecule has 3 atom stereocenters. The van der Waals surface area contributed by atoms with Crippen molar-refractivity contribution in [3.63, 3.8) is 0 Å². The Morgan fingerprint density at radius 2 is 2.24 bits per heavy atom. The predicted octanol–water partition coefficient (Wildman–Crippen LogP) is 0.827. The summed E-state index contributed by atoms with van der Waals surface area (Å²) in [6, 6.07) is 0.324. The number of amides is 1. The summed E-state index contributed by atoms with van der Waals surface area (Å²) in [5, 5.41) is 18.8. The van der Waals surface area contributed by atoms with Crippen LogP contribution in [0.15, 0.2) is 12.4 Å². The third-order valence-corrected chi connectivity index (χ3v) is 4.38. The lowest BCUT2D eigenvalue weighted by Gasteiger charge is -2.24. The van der Waals surface area contributed by atoms with E-state index in [0.29, 0.717) is 17.6 Å². The number of aliphatic carboxylic acids is 1. The number of rotatable bonds is 4. The number of fused-ring (bicyclic) bond motifs is 1. The lowest BCUT2D eigenvalue weighted by atomic mass is 9.85. The quantitative estimate of drug-likeness (QED) is 0.763. The molecule has 1 aliphatic heterocycles. The van der Waals surface area contributed by atoms with Gasteiger partial charge in [-0.2, -0.15) is 5.10 Å². The minimum atomic E-state index is -0.961. The van der Waals surface area contributed by atoms with Crippen LogP contribution in [0.2, 0.25) is 0 Å². The van der Waals surface area contributed by atoms with E-state index in [1.807, 2.05) is 0 Å². The largest absolute Gasteiger partial charge is 0.480 e. The molecule has 1 aromatic rings. The van der Waals surface area contributed by atoms with E-state index in [2.05, 4.69) is 15.7 Å². The molecular formula is C14H20N4O3. The van der Waals surface area contributed by atoms with Crippen molar-refractivity contribution in [1.29, 1.82) is 0 Å². The summed E-state index contributed by atoms with van der Waals surface area (Å²) < 4.78 is 1.29. The van der Waals surface area contributed by atoms with Crippen LogP contribution in [0.4, 0.5) is 5.69 Å². The van der Waals surface area contributed by atoms with Crippen LogP contribution in [0.25, 0.3) is 0 Å². The third kappa shape index (κ3) is 3.24. The number of nitrogens with zero attached hydrogens (tertiary/aromatic N) is 2. The molecule has 0 radical (unpaired) electrons. The third-order valence-electron chi connectivity index (χ3n) is 4.38. The minimum absolute atomic E-state index is 0.0562. The summed E-state index contributed by atoms with van der Waals surface area (Å²) in [7, 11) is 0. The highest BCUT2D eigenvalue weighted by atomic mass is 16.4. The summed E-state index contributed by atoms with van der Waals surface area (Å²) in [4.78, 5) is 22.9. The van der Waals surface area contributed by atoms with Crippen molar-refractivity contribution in [3.05, 3.63) is 12.4 Å². The molecule has 2 heterocycles. The lowest BCUT2D eigenvalue weighted by molar-refractivity contribution is -0.137. The maximum atomic E-state index is 12.3. The number of hydrogen-bond acceptors (Lipinski definition) is 4. The fraction of sp³-hybridized carbons (Fsp3) is 0.643. The smallest absolute Gasteiger partial charge is 0.325 e. The standard InChI is InChI=1S/C14H20N4O3/c19-13(20)8-18-7-10(6-15-18)16-14(21)12-5-9-3-1-2-4-11(9)17-12/h6-7,9,11-12,17H,1-5,8H2,(H,16,21)(H,19,20). The number of nitrogens with one attached hydrogen (secondary N) is 2. The number of carbonyl (C=O) groups excluding carboxylic acids is 1. The number of carboxylic acid groups (broad SMARTS) is 1. The minimum Gasteiger partial charge on any atom is -0.480 e. The molecule has 1 aliphatic carbocycles. The molecule has 1 amide bonds. The Labute approximate surface area is 122 Å². The monoisotopic (exact) mass is 292 g/mol. The first-order chi connectivity index (χ1) is 10.1. The molecule has 1 aromatic heterocycles. The topological polar surface area (TPSA) is 96.2 Å². The van der Waals surface area contributed by atoms with Gasteiger partial charge in [-0.3, -0.25) is 14.3 Å². The van der Waals surface area contributed by atoms with E-state index in [0.717, 1.165) is 12.8 Å². The highest BCUT2D eigenvalue weighted by molar-refractivity contribution is 5.94. The molecule has 0 bridgehead atoms. The predicted molar refractivity (Wildman–Crippen MR) is 75.8 cm³/mol. The van der Waals surface area contributed by atoms with E-state index in [9.17, 15) is 9.59 Å². The summed E-state index contributed by atoms with van der Waals surface area (Å²) in [5.74, 6) is -0.402. The van der Waals surface area contributed by atoms with Crippen molar-refractivity contribution in [1.82, 2.24) is 15.1 Å². The first kappa shape index (κ1) is 14.1. The maximum absolute atomic E-state index is 12.3. The molecular weight excluding hydrogens is 272 g/mol. The Morgan fingerprint density at radius 1 is 1.43 bits per heavy atom. The van der Waals surface area contributed by atoms with Crippen LogP contribution in [0, 0.1) is 5.92 Å². The Bertz CT molecular complexity index is 528. The normalized spacial score (nSPS) is 28.1. The average Bonchev–Trinajstić information content (AvgIpc) is 3.04. The van der Waals surface area contributed by atoms with Crippen molar-refractivity contribution in [3.8, 4) is 0 Å². The molecule has 7 heteroatoms. The molecule has 0 spiro atoms. The second-order valence-corrected chi connectivity index (χ2v) is 5.92. The van der Waals surface area contributed by atoms with Gasteiger partial charge in [-0.05, 0) is 25.2 Å². The average molecular weight is 292 g/mol. The van der Waals surface area contributed by atoms with Gasteiger partial charge in [0.15, 0.2) is 0 Å². The summed E-state index contributed by atoms with van der Waals surface area (Å²) in [6.07, 6.45) is 8.77. The van der Waals surface area contributed by atoms with E-state index in [4.69, 9.17) is 5.11 Å². The van der Waals surface area contributed by atoms with Gasteiger partial charge in [-0.15, -0.1) is 0 Å². The van der Waals surface area contributed by atoms with Crippen molar-refractivity contribution < 1.29 is 14.7 Å². The van der Waals surface area contributed by atoms with E-state index >= 15 is 0 Å². The van der Waals surface area contributed by atoms with E-state index in [1.54, 1.807) is 0 Å². The van der Waals surface area contributed by atoms with Crippen LogP contribution in [0.5, 0.6) is 0 Å². The molecule has 114 valence electrons. The van der Waals surface area contributed by atoms with Crippen LogP contribution in [-0.4, -0.2) is 38.8 Å².